The van der Waals surface area contributed by atoms with Gasteiger partial charge < -0.3 is 0 Å². The number of para-hydroxylation sites is 1. The van der Waals surface area contributed by atoms with Gasteiger partial charge >= 0.3 is 0 Å². The van der Waals surface area contributed by atoms with E-state index in [0.29, 0.717) is 16.0 Å². The van der Waals surface area contributed by atoms with Gasteiger partial charge in [-0.25, -0.2) is 0 Å². The first-order chi connectivity index (χ1) is 15.4. The van der Waals surface area contributed by atoms with Gasteiger partial charge in [-0.15, -0.1) is 34.8 Å². The second-order valence-electron chi connectivity index (χ2n) is 9.69. The van der Waals surface area contributed by atoms with E-state index in [9.17, 15) is 0 Å². The SMILES string of the molecule is ClC1=C(Cl)[C@]2(Cl)C3C(C4C[C@H]3[C@H]3C(c5ccccc5)=NN(c5ccccc5)[C@@H]43)[C@@]1(Cl)[C@H]2Cl. The Hall–Kier alpha value is -0.900. The maximum atomic E-state index is 7.27. The van der Waals surface area contributed by atoms with Crippen LogP contribution in [0.2, 0.25) is 0 Å². The average Bonchev–Trinajstić information content (AvgIpc) is 3.57. The zero-order valence-electron chi connectivity index (χ0n) is 16.8. The third-order valence-electron chi connectivity index (χ3n) is 8.60. The zero-order valence-corrected chi connectivity index (χ0v) is 20.6. The van der Waals surface area contributed by atoms with Crippen molar-refractivity contribution in [3.8, 4) is 0 Å². The lowest BCUT2D eigenvalue weighted by Gasteiger charge is -2.45. The summed E-state index contributed by atoms with van der Waals surface area (Å²) in [6.45, 7) is 0. The molecule has 7 rings (SSSR count). The van der Waals surface area contributed by atoms with Gasteiger partial charge in [0.1, 0.15) is 9.75 Å². The minimum Gasteiger partial charge on any atom is -0.261 e. The molecule has 0 radical (unpaired) electrons. The summed E-state index contributed by atoms with van der Waals surface area (Å²) in [4.78, 5) is -1.84. The summed E-state index contributed by atoms with van der Waals surface area (Å²) in [5, 5.41) is 7.77. The van der Waals surface area contributed by atoms with Crippen LogP contribution in [0.1, 0.15) is 12.0 Å². The van der Waals surface area contributed by atoms with Crippen LogP contribution in [0.4, 0.5) is 5.69 Å². The number of anilines is 1. The van der Waals surface area contributed by atoms with Crippen LogP contribution in [-0.2, 0) is 0 Å². The van der Waals surface area contributed by atoms with Crippen molar-refractivity contribution in [3.05, 3.63) is 76.3 Å². The molecule has 0 aromatic heterocycles. The van der Waals surface area contributed by atoms with E-state index in [1.165, 1.54) is 0 Å². The third kappa shape index (κ3) is 2.16. The Morgan fingerprint density at radius 3 is 2.00 bits per heavy atom. The lowest BCUT2D eigenvalue weighted by molar-refractivity contribution is 0.173. The first-order valence-corrected chi connectivity index (χ1v) is 12.9. The Morgan fingerprint density at radius 2 is 1.38 bits per heavy atom. The van der Waals surface area contributed by atoms with Crippen molar-refractivity contribution in [1.29, 1.82) is 0 Å². The fourth-order valence-electron chi connectivity index (χ4n) is 7.64. The number of hydrogen-bond donors (Lipinski definition) is 0. The van der Waals surface area contributed by atoms with E-state index in [4.69, 9.17) is 63.1 Å². The molecule has 1 heterocycles. The van der Waals surface area contributed by atoms with Gasteiger partial charge in [0.2, 0.25) is 0 Å². The van der Waals surface area contributed by atoms with Crippen molar-refractivity contribution in [2.45, 2.75) is 27.6 Å². The molecular formula is C25H19Cl5N2. The minimum atomic E-state index is -0.922. The van der Waals surface area contributed by atoms with E-state index in [0.717, 1.165) is 23.4 Å². The molecule has 1 aliphatic heterocycles. The number of fused-ring (bicyclic) bond motifs is 12. The molecule has 7 heteroatoms. The quantitative estimate of drug-likeness (QED) is 0.303. The molecule has 164 valence electrons. The molecule has 2 aromatic carbocycles. The summed E-state index contributed by atoms with van der Waals surface area (Å²) >= 11 is 34.9. The first kappa shape index (κ1) is 20.5. The summed E-state index contributed by atoms with van der Waals surface area (Å²) in [5.41, 5.74) is 3.36. The van der Waals surface area contributed by atoms with Gasteiger partial charge in [-0.1, -0.05) is 71.7 Å². The zero-order chi connectivity index (χ0) is 22.0. The first-order valence-electron chi connectivity index (χ1n) is 11.0. The lowest BCUT2D eigenvalue weighted by Crippen LogP contribution is -2.51. The van der Waals surface area contributed by atoms with Gasteiger partial charge in [0.15, 0.2) is 0 Å². The predicted octanol–water partition coefficient (Wildman–Crippen LogP) is 7.06. The Bertz CT molecular complexity index is 1180. The number of hydrogen-bond acceptors (Lipinski definition) is 2. The van der Waals surface area contributed by atoms with Crippen molar-refractivity contribution in [3.63, 3.8) is 0 Å². The Kier molecular flexibility index (Phi) is 4.23. The summed E-state index contributed by atoms with van der Waals surface area (Å²) in [5.74, 6) is 0.960. The highest BCUT2D eigenvalue weighted by molar-refractivity contribution is 6.55. The van der Waals surface area contributed by atoms with E-state index in [1.807, 2.05) is 12.1 Å². The van der Waals surface area contributed by atoms with E-state index in [2.05, 4.69) is 53.5 Å². The number of allylic oxidation sites excluding steroid dienone is 2. The molecule has 4 aliphatic carbocycles. The number of hydrazone groups is 1. The predicted molar refractivity (Wildman–Crippen MR) is 133 cm³/mol. The van der Waals surface area contributed by atoms with Crippen LogP contribution in [0, 0.1) is 29.6 Å². The molecule has 3 fully saturated rings. The molecule has 0 spiro atoms. The van der Waals surface area contributed by atoms with E-state index < -0.39 is 15.1 Å². The number of alkyl halides is 3. The van der Waals surface area contributed by atoms with E-state index >= 15 is 0 Å². The van der Waals surface area contributed by atoms with E-state index in [-0.39, 0.29) is 29.7 Å². The largest absolute Gasteiger partial charge is 0.261 e. The van der Waals surface area contributed by atoms with Crippen molar-refractivity contribution >= 4 is 69.4 Å². The maximum Gasteiger partial charge on any atom is 0.103 e. The monoisotopic (exact) mass is 522 g/mol. The van der Waals surface area contributed by atoms with Crippen LogP contribution in [0.3, 0.4) is 0 Å². The summed E-state index contributed by atoms with van der Waals surface area (Å²) in [6.07, 6.45) is 1.03. The van der Waals surface area contributed by atoms with Crippen molar-refractivity contribution < 1.29 is 0 Å². The highest BCUT2D eigenvalue weighted by atomic mass is 35.5. The summed E-state index contributed by atoms with van der Waals surface area (Å²) in [7, 11) is 0. The van der Waals surface area contributed by atoms with Gasteiger partial charge in [-0.3, -0.25) is 5.01 Å². The van der Waals surface area contributed by atoms with Crippen LogP contribution in [0.5, 0.6) is 0 Å². The fourth-order valence-corrected chi connectivity index (χ4v) is 10.3. The van der Waals surface area contributed by atoms with Crippen molar-refractivity contribution in [1.82, 2.24) is 0 Å². The lowest BCUT2D eigenvalue weighted by atomic mass is 9.65. The molecule has 2 aromatic rings. The molecule has 0 saturated heterocycles. The Morgan fingerprint density at radius 1 is 0.812 bits per heavy atom. The normalized spacial score (nSPS) is 45.5. The Balaban J connectivity index is 1.40. The smallest absolute Gasteiger partial charge is 0.103 e. The van der Waals surface area contributed by atoms with Gasteiger partial charge in [0.25, 0.3) is 0 Å². The molecule has 3 saturated carbocycles. The number of rotatable bonds is 2. The molecular weight excluding hydrogens is 506 g/mol. The summed E-state index contributed by atoms with van der Waals surface area (Å²) in [6, 6.07) is 21.0. The van der Waals surface area contributed by atoms with Gasteiger partial charge in [-0.05, 0) is 47.8 Å². The van der Waals surface area contributed by atoms with Gasteiger partial charge in [0.05, 0.1) is 32.9 Å². The minimum absolute atomic E-state index is 0.0713. The number of halogens is 5. The number of benzene rings is 2. The molecule has 5 aliphatic rings. The highest BCUT2D eigenvalue weighted by Gasteiger charge is 2.82. The van der Waals surface area contributed by atoms with Gasteiger partial charge in [0, 0.05) is 5.92 Å². The molecule has 32 heavy (non-hydrogen) atoms. The van der Waals surface area contributed by atoms with Crippen LogP contribution >= 0.6 is 58.0 Å². The van der Waals surface area contributed by atoms with Crippen LogP contribution in [0.25, 0.3) is 0 Å². The molecule has 0 amide bonds. The topological polar surface area (TPSA) is 15.6 Å². The highest BCUT2D eigenvalue weighted by Crippen LogP contribution is 2.79. The van der Waals surface area contributed by atoms with Crippen molar-refractivity contribution in [2.24, 2.45) is 34.7 Å². The second kappa shape index (κ2) is 6.61. The molecule has 4 bridgehead atoms. The standard InChI is InChI=1S/C25H19Cl5N2/c26-21-22(27)25(30)18-15-11-14(17(18)24(21,29)23(25)28)16-19(12-7-3-1-4-8-12)31-32(20(15)16)13-9-5-2-6-10-13/h1-10,14-18,20,23H,11H2/t14-,15?,16-,17?,18?,20-,23-,24+,25-/m0/s1. The maximum absolute atomic E-state index is 7.27. The molecule has 2 nitrogen and oxygen atoms in total. The third-order valence-corrected chi connectivity index (χ3v) is 12.1. The summed E-state index contributed by atoms with van der Waals surface area (Å²) < 4.78 is 0. The molecule has 3 unspecified atom stereocenters. The van der Waals surface area contributed by atoms with E-state index in [1.54, 1.807) is 0 Å². The van der Waals surface area contributed by atoms with Crippen LogP contribution in [-0.4, -0.2) is 26.9 Å². The molecule has 0 N–H and O–H groups in total. The van der Waals surface area contributed by atoms with Crippen LogP contribution in [0.15, 0.2) is 75.8 Å². The fraction of sp³-hybridized carbons (Fsp3) is 0.400. The molecule has 9 atom stereocenters. The second-order valence-corrected chi connectivity index (χ2v) is 12.1. The van der Waals surface area contributed by atoms with Gasteiger partial charge in [-0.2, -0.15) is 5.10 Å². The van der Waals surface area contributed by atoms with Crippen molar-refractivity contribution in [2.75, 3.05) is 5.01 Å². The van der Waals surface area contributed by atoms with Crippen LogP contribution < -0.4 is 5.01 Å². The average molecular weight is 525 g/mol. The Labute approximate surface area is 212 Å². The number of nitrogens with zero attached hydrogens (tertiary/aromatic N) is 2.